The third-order valence-electron chi connectivity index (χ3n) is 2.50. The number of carbonyl (C=O) groups is 1. The Labute approximate surface area is 99.5 Å². The lowest BCUT2D eigenvalue weighted by molar-refractivity contribution is 0.0957. The standard InChI is InChI=1S/C12H14N4O/c1-3-9-5-4-6-10(7-9)16-14-8-11(15-16)12(17)13-2/h4-8H,3H2,1-2H3,(H,13,17). The fraction of sp³-hybridized carbons (Fsp3) is 0.250. The quantitative estimate of drug-likeness (QED) is 0.861. The Morgan fingerprint density at radius 2 is 2.29 bits per heavy atom. The zero-order valence-electron chi connectivity index (χ0n) is 9.84. The smallest absolute Gasteiger partial charge is 0.273 e. The summed E-state index contributed by atoms with van der Waals surface area (Å²) in [7, 11) is 1.57. The lowest BCUT2D eigenvalue weighted by Gasteiger charge is -2.01. The third-order valence-corrected chi connectivity index (χ3v) is 2.50. The van der Waals surface area contributed by atoms with Gasteiger partial charge in [-0.2, -0.15) is 9.90 Å². The monoisotopic (exact) mass is 230 g/mol. The summed E-state index contributed by atoms with van der Waals surface area (Å²) in [4.78, 5) is 12.8. The van der Waals surface area contributed by atoms with Crippen LogP contribution in [0.5, 0.6) is 0 Å². The lowest BCUT2D eigenvalue weighted by atomic mass is 10.1. The van der Waals surface area contributed by atoms with Crippen molar-refractivity contribution >= 4 is 5.91 Å². The molecule has 1 aromatic heterocycles. The van der Waals surface area contributed by atoms with E-state index in [0.29, 0.717) is 5.69 Å². The van der Waals surface area contributed by atoms with Crippen molar-refractivity contribution in [3.05, 3.63) is 41.7 Å². The molecule has 0 aliphatic heterocycles. The molecule has 0 atom stereocenters. The van der Waals surface area contributed by atoms with Crippen molar-refractivity contribution < 1.29 is 4.79 Å². The summed E-state index contributed by atoms with van der Waals surface area (Å²) in [6, 6.07) is 7.92. The van der Waals surface area contributed by atoms with Gasteiger partial charge < -0.3 is 5.32 Å². The molecule has 17 heavy (non-hydrogen) atoms. The molecule has 0 bridgehead atoms. The predicted molar refractivity (Wildman–Crippen MR) is 64.1 cm³/mol. The van der Waals surface area contributed by atoms with Crippen LogP contribution in [-0.4, -0.2) is 27.9 Å². The van der Waals surface area contributed by atoms with Gasteiger partial charge in [-0.1, -0.05) is 19.1 Å². The number of carbonyl (C=O) groups excluding carboxylic acids is 1. The molecule has 0 fully saturated rings. The van der Waals surface area contributed by atoms with E-state index in [9.17, 15) is 4.79 Å². The molecule has 0 aliphatic rings. The molecule has 0 spiro atoms. The van der Waals surface area contributed by atoms with Crippen LogP contribution in [0.3, 0.4) is 0 Å². The number of aryl methyl sites for hydroxylation is 1. The van der Waals surface area contributed by atoms with Crippen LogP contribution >= 0.6 is 0 Å². The van der Waals surface area contributed by atoms with Crippen molar-refractivity contribution in [1.82, 2.24) is 20.3 Å². The fourth-order valence-electron chi connectivity index (χ4n) is 1.52. The second kappa shape index (κ2) is 4.78. The lowest BCUT2D eigenvalue weighted by Crippen LogP contribution is -2.18. The van der Waals surface area contributed by atoms with Crippen LogP contribution in [0.15, 0.2) is 30.5 Å². The van der Waals surface area contributed by atoms with E-state index in [1.165, 1.54) is 16.6 Å². The minimum atomic E-state index is -0.233. The first kappa shape index (κ1) is 11.3. The number of hydrogen-bond acceptors (Lipinski definition) is 3. The van der Waals surface area contributed by atoms with Crippen LogP contribution in [-0.2, 0) is 6.42 Å². The second-order valence-electron chi connectivity index (χ2n) is 3.62. The average molecular weight is 230 g/mol. The van der Waals surface area contributed by atoms with Gasteiger partial charge in [0.25, 0.3) is 5.91 Å². The van der Waals surface area contributed by atoms with Gasteiger partial charge in [-0.25, -0.2) is 0 Å². The van der Waals surface area contributed by atoms with Crippen LogP contribution in [0.4, 0.5) is 0 Å². The highest BCUT2D eigenvalue weighted by Crippen LogP contribution is 2.09. The first-order chi connectivity index (χ1) is 8.24. The predicted octanol–water partition coefficient (Wildman–Crippen LogP) is 1.19. The Balaban J connectivity index is 2.33. The van der Waals surface area contributed by atoms with Crippen molar-refractivity contribution in [2.45, 2.75) is 13.3 Å². The summed E-state index contributed by atoms with van der Waals surface area (Å²) in [5, 5.41) is 10.7. The summed E-state index contributed by atoms with van der Waals surface area (Å²) in [5.74, 6) is -0.233. The molecule has 2 rings (SSSR count). The normalized spacial score (nSPS) is 10.2. The molecule has 0 saturated carbocycles. The first-order valence-corrected chi connectivity index (χ1v) is 5.48. The number of amides is 1. The van der Waals surface area contributed by atoms with Crippen LogP contribution in [0, 0.1) is 0 Å². The van der Waals surface area contributed by atoms with Crippen molar-refractivity contribution in [3.8, 4) is 5.69 Å². The molecule has 2 aromatic rings. The van der Waals surface area contributed by atoms with Crippen LogP contribution < -0.4 is 5.32 Å². The zero-order valence-corrected chi connectivity index (χ0v) is 9.84. The van der Waals surface area contributed by atoms with E-state index < -0.39 is 0 Å². The number of hydrogen-bond donors (Lipinski definition) is 1. The van der Waals surface area contributed by atoms with Gasteiger partial charge in [0.1, 0.15) is 0 Å². The van der Waals surface area contributed by atoms with Gasteiger partial charge in [0, 0.05) is 7.05 Å². The molecule has 1 heterocycles. The number of nitrogens with one attached hydrogen (secondary N) is 1. The maximum absolute atomic E-state index is 11.4. The molecule has 0 aliphatic carbocycles. The molecular formula is C12H14N4O. The van der Waals surface area contributed by atoms with Crippen LogP contribution in [0.2, 0.25) is 0 Å². The van der Waals surface area contributed by atoms with E-state index in [2.05, 4.69) is 22.4 Å². The van der Waals surface area contributed by atoms with Crippen molar-refractivity contribution in [2.24, 2.45) is 0 Å². The minimum absolute atomic E-state index is 0.233. The molecule has 5 nitrogen and oxygen atoms in total. The number of aromatic nitrogens is 3. The summed E-state index contributed by atoms with van der Waals surface area (Å²) < 4.78 is 0. The van der Waals surface area contributed by atoms with E-state index >= 15 is 0 Å². The number of benzene rings is 1. The Bertz CT molecular complexity index is 533. The summed E-state index contributed by atoms with van der Waals surface area (Å²) in [5.41, 5.74) is 2.38. The van der Waals surface area contributed by atoms with Crippen molar-refractivity contribution in [1.29, 1.82) is 0 Å². The van der Waals surface area contributed by atoms with E-state index in [4.69, 9.17) is 0 Å². The fourth-order valence-corrected chi connectivity index (χ4v) is 1.52. The Kier molecular flexibility index (Phi) is 3.18. The van der Waals surface area contributed by atoms with Crippen molar-refractivity contribution in [2.75, 3.05) is 7.05 Å². The molecule has 0 radical (unpaired) electrons. The van der Waals surface area contributed by atoms with Gasteiger partial charge in [0.2, 0.25) is 0 Å². The van der Waals surface area contributed by atoms with E-state index in [-0.39, 0.29) is 5.91 Å². The highest BCUT2D eigenvalue weighted by Gasteiger charge is 2.09. The van der Waals surface area contributed by atoms with Gasteiger partial charge in [0.15, 0.2) is 5.69 Å². The highest BCUT2D eigenvalue weighted by molar-refractivity contribution is 5.91. The molecule has 88 valence electrons. The Morgan fingerprint density at radius 1 is 1.47 bits per heavy atom. The molecule has 1 amide bonds. The molecule has 1 N–H and O–H groups in total. The summed E-state index contributed by atoms with van der Waals surface area (Å²) >= 11 is 0. The van der Waals surface area contributed by atoms with E-state index in [1.54, 1.807) is 7.05 Å². The topological polar surface area (TPSA) is 59.8 Å². The number of nitrogens with zero attached hydrogens (tertiary/aromatic N) is 3. The molecule has 0 saturated heterocycles. The highest BCUT2D eigenvalue weighted by atomic mass is 16.1. The van der Waals surface area contributed by atoms with Crippen LogP contribution in [0.1, 0.15) is 23.0 Å². The summed E-state index contributed by atoms with van der Waals surface area (Å²) in [6.07, 6.45) is 2.41. The molecule has 5 heteroatoms. The van der Waals surface area contributed by atoms with E-state index in [1.807, 2.05) is 24.3 Å². The largest absolute Gasteiger partial charge is 0.354 e. The average Bonchev–Trinajstić information content (AvgIpc) is 2.87. The SMILES string of the molecule is CCc1cccc(-n2ncc(C(=O)NC)n2)c1. The minimum Gasteiger partial charge on any atom is -0.354 e. The molecular weight excluding hydrogens is 216 g/mol. The van der Waals surface area contributed by atoms with Gasteiger partial charge in [0.05, 0.1) is 11.9 Å². The van der Waals surface area contributed by atoms with Crippen molar-refractivity contribution in [3.63, 3.8) is 0 Å². The zero-order chi connectivity index (χ0) is 12.3. The third kappa shape index (κ3) is 2.33. The van der Waals surface area contributed by atoms with Gasteiger partial charge >= 0.3 is 0 Å². The maximum atomic E-state index is 11.4. The van der Waals surface area contributed by atoms with Crippen LogP contribution in [0.25, 0.3) is 5.69 Å². The molecule has 0 unspecified atom stereocenters. The number of rotatable bonds is 3. The van der Waals surface area contributed by atoms with Gasteiger partial charge in [-0.15, -0.1) is 5.10 Å². The maximum Gasteiger partial charge on any atom is 0.273 e. The second-order valence-corrected chi connectivity index (χ2v) is 3.62. The Morgan fingerprint density at radius 3 is 3.00 bits per heavy atom. The molecule has 1 aromatic carbocycles. The van der Waals surface area contributed by atoms with E-state index in [0.717, 1.165) is 12.1 Å². The van der Waals surface area contributed by atoms with Gasteiger partial charge in [-0.3, -0.25) is 4.79 Å². The Hall–Kier alpha value is -2.17. The summed E-state index contributed by atoms with van der Waals surface area (Å²) in [6.45, 7) is 2.09. The first-order valence-electron chi connectivity index (χ1n) is 5.48. The van der Waals surface area contributed by atoms with Gasteiger partial charge in [-0.05, 0) is 24.1 Å².